The molecule has 0 saturated carbocycles. The average Bonchev–Trinajstić information content (AvgIpc) is 2.63. The molecule has 2 heteroatoms. The van der Waals surface area contributed by atoms with E-state index in [0.717, 1.165) is 18.9 Å². The minimum atomic E-state index is 0.202. The number of amidine groups is 1. The van der Waals surface area contributed by atoms with E-state index in [9.17, 15) is 0 Å². The van der Waals surface area contributed by atoms with Gasteiger partial charge in [-0.1, -0.05) is 39.0 Å². The van der Waals surface area contributed by atoms with E-state index in [1.165, 1.54) is 11.1 Å². The van der Waals surface area contributed by atoms with Crippen molar-refractivity contribution in [2.24, 2.45) is 4.99 Å². The van der Waals surface area contributed by atoms with Crippen LogP contribution in [0.4, 0.5) is 0 Å². The fourth-order valence-electron chi connectivity index (χ4n) is 1.97. The molecule has 86 valence electrons. The number of nitrogens with zero attached hydrogens (tertiary/aromatic N) is 2. The Balaban J connectivity index is 2.37. The summed E-state index contributed by atoms with van der Waals surface area (Å²) in [6.45, 7) is 8.69. The molecule has 1 aliphatic heterocycles. The van der Waals surface area contributed by atoms with Crippen LogP contribution >= 0.6 is 0 Å². The van der Waals surface area contributed by atoms with Crippen molar-refractivity contribution in [1.29, 1.82) is 0 Å². The van der Waals surface area contributed by atoms with Crippen LogP contribution in [0.2, 0.25) is 0 Å². The second-order valence-electron chi connectivity index (χ2n) is 5.46. The summed E-state index contributed by atoms with van der Waals surface area (Å²) in [5, 5.41) is 0. The summed E-state index contributed by atoms with van der Waals surface area (Å²) >= 11 is 0. The lowest BCUT2D eigenvalue weighted by molar-refractivity contribution is 0.556. The van der Waals surface area contributed by atoms with Crippen LogP contribution in [-0.4, -0.2) is 30.9 Å². The van der Waals surface area contributed by atoms with Crippen LogP contribution in [0.25, 0.3) is 0 Å². The monoisotopic (exact) mass is 216 g/mol. The molecule has 1 aliphatic rings. The molecule has 0 N–H and O–H groups in total. The molecular formula is C14H20N2. The Kier molecular flexibility index (Phi) is 2.75. The maximum atomic E-state index is 4.55. The van der Waals surface area contributed by atoms with Gasteiger partial charge in [0.15, 0.2) is 0 Å². The molecule has 0 saturated heterocycles. The Morgan fingerprint density at radius 3 is 2.56 bits per heavy atom. The number of hydrogen-bond donors (Lipinski definition) is 0. The molecule has 1 heterocycles. The zero-order valence-electron chi connectivity index (χ0n) is 10.6. The van der Waals surface area contributed by atoms with E-state index in [0.29, 0.717) is 0 Å². The van der Waals surface area contributed by atoms with Crippen molar-refractivity contribution in [2.45, 2.75) is 26.2 Å². The van der Waals surface area contributed by atoms with Gasteiger partial charge in [-0.05, 0) is 17.0 Å². The molecule has 16 heavy (non-hydrogen) atoms. The van der Waals surface area contributed by atoms with Crippen molar-refractivity contribution >= 4 is 5.84 Å². The minimum Gasteiger partial charge on any atom is -0.358 e. The van der Waals surface area contributed by atoms with Crippen LogP contribution in [0.1, 0.15) is 31.9 Å². The predicted octanol–water partition coefficient (Wildman–Crippen LogP) is 2.68. The van der Waals surface area contributed by atoms with Gasteiger partial charge in [-0.25, -0.2) is 0 Å². The Bertz CT molecular complexity index is 413. The Morgan fingerprint density at radius 2 is 2.00 bits per heavy atom. The smallest absolute Gasteiger partial charge is 0.130 e. The van der Waals surface area contributed by atoms with Crippen LogP contribution in [-0.2, 0) is 5.41 Å². The molecule has 0 fully saturated rings. The Hall–Kier alpha value is -1.31. The van der Waals surface area contributed by atoms with Crippen LogP contribution in [0.15, 0.2) is 29.3 Å². The van der Waals surface area contributed by atoms with Crippen molar-refractivity contribution in [2.75, 3.05) is 20.1 Å². The van der Waals surface area contributed by atoms with Crippen molar-refractivity contribution in [3.8, 4) is 0 Å². The zero-order chi connectivity index (χ0) is 11.8. The SMILES string of the molecule is CN1CCN=C1c1cccc(C(C)(C)C)c1. The molecule has 0 aromatic heterocycles. The molecule has 0 unspecified atom stereocenters. The van der Waals surface area contributed by atoms with E-state index >= 15 is 0 Å². The van der Waals surface area contributed by atoms with E-state index < -0.39 is 0 Å². The van der Waals surface area contributed by atoms with Crippen LogP contribution in [0.5, 0.6) is 0 Å². The van der Waals surface area contributed by atoms with Gasteiger partial charge >= 0.3 is 0 Å². The van der Waals surface area contributed by atoms with Crippen molar-refractivity contribution < 1.29 is 0 Å². The van der Waals surface area contributed by atoms with Crippen LogP contribution in [0.3, 0.4) is 0 Å². The summed E-state index contributed by atoms with van der Waals surface area (Å²) in [4.78, 5) is 6.78. The van der Waals surface area contributed by atoms with Crippen LogP contribution < -0.4 is 0 Å². The second-order valence-corrected chi connectivity index (χ2v) is 5.46. The normalized spacial score (nSPS) is 16.5. The first-order valence-corrected chi connectivity index (χ1v) is 5.85. The number of rotatable bonds is 1. The van der Waals surface area contributed by atoms with E-state index in [2.05, 4.69) is 62.0 Å². The van der Waals surface area contributed by atoms with Gasteiger partial charge in [-0.15, -0.1) is 0 Å². The first kappa shape index (κ1) is 11.2. The molecule has 0 spiro atoms. The second kappa shape index (κ2) is 3.93. The van der Waals surface area contributed by atoms with E-state index in [4.69, 9.17) is 0 Å². The highest BCUT2D eigenvalue weighted by Gasteiger charge is 2.18. The van der Waals surface area contributed by atoms with Gasteiger partial charge in [0, 0.05) is 19.2 Å². The Labute approximate surface area is 98.0 Å². The third kappa shape index (κ3) is 2.11. The summed E-state index contributed by atoms with van der Waals surface area (Å²) in [5.74, 6) is 1.13. The van der Waals surface area contributed by atoms with E-state index in [1.54, 1.807) is 0 Å². The highest BCUT2D eigenvalue weighted by molar-refractivity contribution is 5.99. The standard InChI is InChI=1S/C14H20N2/c1-14(2,3)12-7-5-6-11(10-12)13-15-8-9-16(13)4/h5-7,10H,8-9H2,1-4H3. The molecule has 0 amide bonds. The van der Waals surface area contributed by atoms with Gasteiger partial charge in [0.1, 0.15) is 5.84 Å². The molecule has 0 radical (unpaired) electrons. The maximum Gasteiger partial charge on any atom is 0.130 e. The zero-order valence-corrected chi connectivity index (χ0v) is 10.6. The highest BCUT2D eigenvalue weighted by atomic mass is 15.2. The summed E-state index contributed by atoms with van der Waals surface area (Å²) in [6.07, 6.45) is 0. The average molecular weight is 216 g/mol. The molecular weight excluding hydrogens is 196 g/mol. The summed E-state index contributed by atoms with van der Waals surface area (Å²) in [6, 6.07) is 8.74. The summed E-state index contributed by atoms with van der Waals surface area (Å²) in [5.41, 5.74) is 2.81. The third-order valence-electron chi connectivity index (χ3n) is 3.05. The van der Waals surface area contributed by atoms with Crippen molar-refractivity contribution in [1.82, 2.24) is 4.90 Å². The lowest BCUT2D eigenvalue weighted by Crippen LogP contribution is -2.24. The lowest BCUT2D eigenvalue weighted by Gasteiger charge is -2.21. The predicted molar refractivity (Wildman–Crippen MR) is 69.2 cm³/mol. The Morgan fingerprint density at radius 1 is 1.25 bits per heavy atom. The van der Waals surface area contributed by atoms with Gasteiger partial charge in [0.05, 0.1) is 6.54 Å². The number of benzene rings is 1. The van der Waals surface area contributed by atoms with Gasteiger partial charge in [-0.2, -0.15) is 0 Å². The topological polar surface area (TPSA) is 15.6 Å². The number of likely N-dealkylation sites (N-methyl/N-ethyl adjacent to an activating group) is 1. The first-order valence-electron chi connectivity index (χ1n) is 5.85. The minimum absolute atomic E-state index is 0.202. The largest absolute Gasteiger partial charge is 0.358 e. The third-order valence-corrected chi connectivity index (χ3v) is 3.05. The number of aliphatic imine (C=N–C) groups is 1. The first-order chi connectivity index (χ1) is 7.48. The van der Waals surface area contributed by atoms with Gasteiger partial charge in [0.25, 0.3) is 0 Å². The summed E-state index contributed by atoms with van der Waals surface area (Å²) < 4.78 is 0. The quantitative estimate of drug-likeness (QED) is 0.704. The molecule has 2 rings (SSSR count). The molecule has 1 aromatic carbocycles. The van der Waals surface area contributed by atoms with Gasteiger partial charge < -0.3 is 4.90 Å². The van der Waals surface area contributed by atoms with E-state index in [1.807, 2.05) is 0 Å². The molecule has 1 aromatic rings. The van der Waals surface area contributed by atoms with Crippen molar-refractivity contribution in [3.05, 3.63) is 35.4 Å². The fourth-order valence-corrected chi connectivity index (χ4v) is 1.97. The molecule has 0 atom stereocenters. The maximum absolute atomic E-state index is 4.55. The van der Waals surface area contributed by atoms with Gasteiger partial charge in [0.2, 0.25) is 0 Å². The number of hydrogen-bond acceptors (Lipinski definition) is 2. The molecule has 0 aliphatic carbocycles. The van der Waals surface area contributed by atoms with Crippen molar-refractivity contribution in [3.63, 3.8) is 0 Å². The summed E-state index contributed by atoms with van der Waals surface area (Å²) in [7, 11) is 2.11. The van der Waals surface area contributed by atoms with Gasteiger partial charge in [-0.3, -0.25) is 4.99 Å². The lowest BCUT2D eigenvalue weighted by atomic mass is 9.86. The van der Waals surface area contributed by atoms with E-state index in [-0.39, 0.29) is 5.41 Å². The van der Waals surface area contributed by atoms with Crippen LogP contribution in [0, 0.1) is 0 Å². The molecule has 2 nitrogen and oxygen atoms in total. The fraction of sp³-hybridized carbons (Fsp3) is 0.500. The molecule has 0 bridgehead atoms. The highest BCUT2D eigenvalue weighted by Crippen LogP contribution is 2.23.